The van der Waals surface area contributed by atoms with E-state index in [1.165, 1.54) is 16.7 Å². The number of anilines is 2. The highest BCUT2D eigenvalue weighted by Gasteiger charge is 2.42. The first kappa shape index (κ1) is 24.6. The van der Waals surface area contributed by atoms with Crippen molar-refractivity contribution in [3.63, 3.8) is 0 Å². The molecule has 3 rings (SSSR count). The van der Waals surface area contributed by atoms with Gasteiger partial charge in [0.25, 0.3) is 0 Å². The Hall–Kier alpha value is -2.01. The van der Waals surface area contributed by atoms with Crippen LogP contribution in [-0.4, -0.2) is 78.4 Å². The number of nitrogens with zero attached hydrogens (tertiary/aromatic N) is 3. The number of ether oxygens (including phenoxy) is 1. The van der Waals surface area contributed by atoms with Crippen LogP contribution < -0.4 is 20.4 Å². The lowest BCUT2D eigenvalue weighted by atomic mass is 10.2. The highest BCUT2D eigenvalue weighted by atomic mass is 35.6. The molecule has 2 saturated heterocycles. The highest BCUT2D eigenvalue weighted by molar-refractivity contribution is 6.68. The number of carbonyl (C=O) groups excluding carboxylic acids is 3. The molecule has 3 atom stereocenters. The summed E-state index contributed by atoms with van der Waals surface area (Å²) in [6.45, 7) is 2.60. The molecule has 0 saturated carbocycles. The fourth-order valence-corrected chi connectivity index (χ4v) is 4.23. The SMILES string of the molecule is CC(=O)NCC1CN(c2ccc(N3CCN(C(NC=O)C(Cl)(Cl)Cl)[C@@H](F)C3)cc2)C(=O)O1. The third-order valence-electron chi connectivity index (χ3n) is 5.21. The van der Waals surface area contributed by atoms with Gasteiger partial charge in [-0.05, 0) is 24.3 Å². The lowest BCUT2D eigenvalue weighted by Gasteiger charge is -2.44. The maximum Gasteiger partial charge on any atom is 0.414 e. The summed E-state index contributed by atoms with van der Waals surface area (Å²) in [5, 5.41) is 4.98. The molecule has 3 amide bonds. The van der Waals surface area contributed by atoms with E-state index in [1.54, 1.807) is 24.3 Å². The van der Waals surface area contributed by atoms with Crippen molar-refractivity contribution in [1.29, 1.82) is 0 Å². The molecule has 0 bridgehead atoms. The third kappa shape index (κ3) is 5.86. The van der Waals surface area contributed by atoms with Gasteiger partial charge in [-0.1, -0.05) is 34.8 Å². The second kappa shape index (κ2) is 10.3. The monoisotopic (exact) mass is 509 g/mol. The van der Waals surface area contributed by atoms with Gasteiger partial charge in [-0.2, -0.15) is 0 Å². The zero-order valence-electron chi connectivity index (χ0n) is 17.1. The maximum atomic E-state index is 14.9. The number of hydrogen-bond acceptors (Lipinski definition) is 6. The molecule has 0 aromatic heterocycles. The van der Waals surface area contributed by atoms with Crippen LogP contribution in [0.25, 0.3) is 0 Å². The molecule has 2 aliphatic heterocycles. The summed E-state index contributed by atoms with van der Waals surface area (Å²) in [5.41, 5.74) is 1.39. The molecular formula is C19H23Cl3FN5O4. The van der Waals surface area contributed by atoms with Crippen LogP contribution in [0.15, 0.2) is 24.3 Å². The number of cyclic esters (lactones) is 1. The number of amides is 3. The van der Waals surface area contributed by atoms with Crippen molar-refractivity contribution >= 4 is 64.6 Å². The number of piperazine rings is 1. The van der Waals surface area contributed by atoms with Crippen LogP contribution in [0.5, 0.6) is 0 Å². The molecule has 2 heterocycles. The van der Waals surface area contributed by atoms with E-state index in [1.807, 2.05) is 4.90 Å². The Morgan fingerprint density at radius 3 is 2.47 bits per heavy atom. The van der Waals surface area contributed by atoms with E-state index in [0.29, 0.717) is 25.2 Å². The van der Waals surface area contributed by atoms with E-state index in [9.17, 15) is 18.8 Å². The minimum Gasteiger partial charge on any atom is -0.442 e. The molecule has 2 N–H and O–H groups in total. The number of hydrogen-bond donors (Lipinski definition) is 2. The van der Waals surface area contributed by atoms with Gasteiger partial charge in [0.05, 0.1) is 19.6 Å². The summed E-state index contributed by atoms with van der Waals surface area (Å²) in [7, 11) is 0. The van der Waals surface area contributed by atoms with Crippen molar-refractivity contribution in [1.82, 2.24) is 15.5 Å². The number of halogens is 4. The molecule has 0 aliphatic carbocycles. The molecule has 9 nitrogen and oxygen atoms in total. The average molecular weight is 511 g/mol. The number of alkyl halides is 4. The van der Waals surface area contributed by atoms with Gasteiger partial charge in [0.2, 0.25) is 16.1 Å². The fourth-order valence-electron chi connectivity index (χ4n) is 3.66. The molecule has 1 aromatic rings. The summed E-state index contributed by atoms with van der Waals surface area (Å²) in [5.74, 6) is -0.197. The highest BCUT2D eigenvalue weighted by Crippen LogP contribution is 2.34. The third-order valence-corrected chi connectivity index (χ3v) is 5.83. The van der Waals surface area contributed by atoms with Crippen LogP contribution in [0.2, 0.25) is 0 Å². The van der Waals surface area contributed by atoms with Crippen LogP contribution in [0.4, 0.5) is 20.6 Å². The van der Waals surface area contributed by atoms with E-state index in [4.69, 9.17) is 39.5 Å². The Morgan fingerprint density at radius 1 is 1.25 bits per heavy atom. The molecule has 176 valence electrons. The lowest BCUT2D eigenvalue weighted by molar-refractivity contribution is -0.119. The summed E-state index contributed by atoms with van der Waals surface area (Å²) in [6.07, 6.45) is -3.15. The average Bonchev–Trinajstić information content (AvgIpc) is 3.11. The summed E-state index contributed by atoms with van der Waals surface area (Å²) >= 11 is 17.7. The molecule has 13 heteroatoms. The van der Waals surface area contributed by atoms with Gasteiger partial charge < -0.3 is 20.3 Å². The van der Waals surface area contributed by atoms with Gasteiger partial charge in [-0.25, -0.2) is 14.1 Å². The maximum absolute atomic E-state index is 14.9. The molecule has 1 aromatic carbocycles. The minimum absolute atomic E-state index is 0.00166. The fraction of sp³-hybridized carbons (Fsp3) is 0.526. The second-order valence-corrected chi connectivity index (χ2v) is 9.79. The Bertz CT molecular complexity index is 841. The summed E-state index contributed by atoms with van der Waals surface area (Å²) in [4.78, 5) is 38.6. The van der Waals surface area contributed by atoms with Crippen LogP contribution in [0.1, 0.15) is 6.92 Å². The molecule has 32 heavy (non-hydrogen) atoms. The predicted octanol–water partition coefficient (Wildman–Crippen LogP) is 2.01. The number of nitrogens with one attached hydrogen (secondary N) is 2. The zero-order valence-corrected chi connectivity index (χ0v) is 19.4. The first-order chi connectivity index (χ1) is 15.1. The van der Waals surface area contributed by atoms with Crippen LogP contribution in [0, 0.1) is 0 Å². The van der Waals surface area contributed by atoms with Gasteiger partial charge in [0, 0.05) is 31.4 Å². The Labute approximate surface area is 199 Å². The summed E-state index contributed by atoms with van der Waals surface area (Å²) in [6, 6.07) is 7.05. The second-order valence-electron chi connectivity index (χ2n) is 7.42. The van der Waals surface area contributed by atoms with Crippen molar-refractivity contribution < 1.29 is 23.5 Å². The molecule has 2 unspecified atom stereocenters. The van der Waals surface area contributed by atoms with Gasteiger partial charge in [0.15, 0.2) is 6.30 Å². The summed E-state index contributed by atoms with van der Waals surface area (Å²) < 4.78 is 18.3. The quantitative estimate of drug-likeness (QED) is 0.331. The van der Waals surface area contributed by atoms with Crippen molar-refractivity contribution in [3.05, 3.63) is 24.3 Å². The van der Waals surface area contributed by atoms with Crippen LogP contribution in [-0.2, 0) is 14.3 Å². The van der Waals surface area contributed by atoms with Crippen LogP contribution >= 0.6 is 34.8 Å². The van der Waals surface area contributed by atoms with Crippen molar-refractivity contribution in [2.45, 2.75) is 29.3 Å². The number of benzene rings is 1. The van der Waals surface area contributed by atoms with E-state index < -0.39 is 28.5 Å². The largest absolute Gasteiger partial charge is 0.442 e. The number of rotatable bonds is 7. The lowest BCUT2D eigenvalue weighted by Crippen LogP contribution is -2.62. The molecule has 2 fully saturated rings. The van der Waals surface area contributed by atoms with Crippen LogP contribution in [0.3, 0.4) is 0 Å². The Kier molecular flexibility index (Phi) is 7.92. The smallest absolute Gasteiger partial charge is 0.414 e. The van der Waals surface area contributed by atoms with Gasteiger partial charge in [-0.15, -0.1) is 0 Å². The first-order valence-corrected chi connectivity index (χ1v) is 11.0. The van der Waals surface area contributed by atoms with Gasteiger partial charge in [-0.3, -0.25) is 14.5 Å². The molecular weight excluding hydrogens is 488 g/mol. The predicted molar refractivity (Wildman–Crippen MR) is 120 cm³/mol. The van der Waals surface area contributed by atoms with Crippen molar-refractivity contribution in [3.8, 4) is 0 Å². The van der Waals surface area contributed by atoms with Gasteiger partial charge >= 0.3 is 6.09 Å². The van der Waals surface area contributed by atoms with Crippen molar-refractivity contribution in [2.75, 3.05) is 42.5 Å². The standard InChI is InChI=1S/C19H23Cl3FN5O4/c1-12(30)24-8-15-9-28(18(31)32-15)14-4-2-13(3-5-14)26-6-7-27(16(23)10-26)17(25-11-29)19(20,21)22/h2-5,11,15-17H,6-10H2,1H3,(H,24,30)(H,25,29)/t15?,16-,17?/m1/s1. The van der Waals surface area contributed by atoms with Crippen molar-refractivity contribution in [2.24, 2.45) is 0 Å². The van der Waals surface area contributed by atoms with E-state index in [2.05, 4.69) is 10.6 Å². The molecule has 2 aliphatic rings. The van der Waals surface area contributed by atoms with Gasteiger partial charge in [0.1, 0.15) is 12.3 Å². The first-order valence-electron chi connectivity index (χ1n) is 9.84. The number of carbonyl (C=O) groups is 3. The molecule has 0 spiro atoms. The Morgan fingerprint density at radius 2 is 1.91 bits per heavy atom. The van der Waals surface area contributed by atoms with E-state index in [0.717, 1.165) is 5.69 Å². The topological polar surface area (TPSA) is 94.2 Å². The Balaban J connectivity index is 1.62. The minimum atomic E-state index is -1.89. The van der Waals surface area contributed by atoms with E-state index >= 15 is 0 Å². The van der Waals surface area contributed by atoms with E-state index in [-0.39, 0.29) is 25.5 Å². The zero-order chi connectivity index (χ0) is 23.5. The molecule has 0 radical (unpaired) electrons. The normalized spacial score (nSPS) is 23.0.